The molecule has 0 saturated heterocycles. The quantitative estimate of drug-likeness (QED) is 0.880. The van der Waals surface area contributed by atoms with E-state index in [0.29, 0.717) is 0 Å². The van der Waals surface area contributed by atoms with Gasteiger partial charge in [0.15, 0.2) is 0 Å². The van der Waals surface area contributed by atoms with Crippen LogP contribution in [0.25, 0.3) is 0 Å². The van der Waals surface area contributed by atoms with Gasteiger partial charge in [0.05, 0.1) is 5.54 Å². The van der Waals surface area contributed by atoms with Gasteiger partial charge in [-0.15, -0.1) is 11.3 Å². The van der Waals surface area contributed by atoms with Crippen LogP contribution in [0, 0.1) is 12.8 Å². The molecule has 1 aliphatic rings. The van der Waals surface area contributed by atoms with Crippen molar-refractivity contribution in [3.63, 3.8) is 0 Å². The second kappa shape index (κ2) is 5.49. The summed E-state index contributed by atoms with van der Waals surface area (Å²) >= 11 is 1.83. The summed E-state index contributed by atoms with van der Waals surface area (Å²) in [6.45, 7) is 7.81. The summed E-state index contributed by atoms with van der Waals surface area (Å²) in [6.07, 6.45) is 6.40. The van der Waals surface area contributed by atoms with E-state index in [2.05, 4.69) is 31.5 Å². The Balaban J connectivity index is 2.22. The first-order chi connectivity index (χ1) is 8.16. The first-order valence-electron chi connectivity index (χ1n) is 6.84. The predicted octanol–water partition coefficient (Wildman–Crippen LogP) is 3.86. The third-order valence-corrected chi connectivity index (χ3v) is 4.90. The van der Waals surface area contributed by atoms with Crippen molar-refractivity contribution in [2.24, 2.45) is 5.92 Å². The van der Waals surface area contributed by atoms with Crippen LogP contribution < -0.4 is 5.32 Å². The summed E-state index contributed by atoms with van der Waals surface area (Å²) in [4.78, 5) is 4.75. The summed E-state index contributed by atoms with van der Waals surface area (Å²) in [7, 11) is 0. The van der Waals surface area contributed by atoms with Gasteiger partial charge in [0, 0.05) is 11.1 Å². The van der Waals surface area contributed by atoms with Crippen LogP contribution in [0.15, 0.2) is 5.38 Å². The maximum Gasteiger partial charge on any atom is 0.113 e. The van der Waals surface area contributed by atoms with Gasteiger partial charge >= 0.3 is 0 Å². The van der Waals surface area contributed by atoms with E-state index < -0.39 is 0 Å². The third-order valence-electron chi connectivity index (χ3n) is 3.74. The fraction of sp³-hybridized carbons (Fsp3) is 0.786. The molecule has 1 aliphatic carbocycles. The van der Waals surface area contributed by atoms with Crippen molar-refractivity contribution in [2.45, 2.75) is 58.4 Å². The highest BCUT2D eigenvalue weighted by atomic mass is 32.1. The molecule has 0 bridgehead atoms. The number of rotatable bonds is 4. The van der Waals surface area contributed by atoms with Crippen LogP contribution in [-0.4, -0.2) is 11.5 Å². The van der Waals surface area contributed by atoms with Crippen LogP contribution in [0.1, 0.15) is 56.7 Å². The number of nitrogens with one attached hydrogen (secondary N) is 1. The van der Waals surface area contributed by atoms with Crippen LogP contribution >= 0.6 is 11.3 Å². The molecule has 1 saturated carbocycles. The lowest BCUT2D eigenvalue weighted by molar-refractivity contribution is 0.187. The van der Waals surface area contributed by atoms with Crippen molar-refractivity contribution in [1.29, 1.82) is 0 Å². The SMILES string of the molecule is CCCNC1(c2nc(C)cs2)CCCC(C)C1. The Labute approximate surface area is 109 Å². The monoisotopic (exact) mass is 252 g/mol. The standard InChI is InChI=1S/C14H24N2S/c1-4-8-15-14(7-5-6-11(2)9-14)13-16-12(3)10-17-13/h10-11,15H,4-9H2,1-3H3. The lowest BCUT2D eigenvalue weighted by Crippen LogP contribution is -2.46. The van der Waals surface area contributed by atoms with Gasteiger partial charge < -0.3 is 5.32 Å². The fourth-order valence-corrected chi connectivity index (χ4v) is 3.93. The molecule has 1 aromatic rings. The van der Waals surface area contributed by atoms with Crippen molar-refractivity contribution in [3.8, 4) is 0 Å². The average Bonchev–Trinajstić information content (AvgIpc) is 2.74. The van der Waals surface area contributed by atoms with Crippen molar-refractivity contribution in [1.82, 2.24) is 10.3 Å². The second-order valence-corrected chi connectivity index (χ2v) is 6.36. The summed E-state index contributed by atoms with van der Waals surface area (Å²) in [5, 5.41) is 7.29. The smallest absolute Gasteiger partial charge is 0.113 e. The average molecular weight is 252 g/mol. The van der Waals surface area contributed by atoms with Crippen LogP contribution in [0.5, 0.6) is 0 Å². The topological polar surface area (TPSA) is 24.9 Å². The molecule has 0 spiro atoms. The van der Waals surface area contributed by atoms with E-state index in [4.69, 9.17) is 4.98 Å². The van der Waals surface area contributed by atoms with Crippen LogP contribution in [0.2, 0.25) is 0 Å². The highest BCUT2D eigenvalue weighted by Gasteiger charge is 2.38. The molecule has 0 aromatic carbocycles. The van der Waals surface area contributed by atoms with Crippen molar-refractivity contribution in [3.05, 3.63) is 16.1 Å². The van der Waals surface area contributed by atoms with E-state index in [0.717, 1.165) is 12.5 Å². The van der Waals surface area contributed by atoms with E-state index in [-0.39, 0.29) is 5.54 Å². The Morgan fingerprint density at radius 1 is 1.59 bits per heavy atom. The molecule has 2 atom stereocenters. The molecule has 0 radical (unpaired) electrons. The maximum atomic E-state index is 4.75. The zero-order chi connectivity index (χ0) is 12.3. The summed E-state index contributed by atoms with van der Waals surface area (Å²) in [5.41, 5.74) is 1.34. The number of nitrogens with zero attached hydrogens (tertiary/aromatic N) is 1. The van der Waals surface area contributed by atoms with Gasteiger partial charge in [0.25, 0.3) is 0 Å². The molecule has 17 heavy (non-hydrogen) atoms. The van der Waals surface area contributed by atoms with Crippen molar-refractivity contribution >= 4 is 11.3 Å². The summed E-state index contributed by atoms with van der Waals surface area (Å²) in [5.74, 6) is 0.817. The first kappa shape index (κ1) is 13.0. The minimum atomic E-state index is 0.173. The molecule has 96 valence electrons. The largest absolute Gasteiger partial charge is 0.305 e. The zero-order valence-corrected chi connectivity index (χ0v) is 12.1. The molecule has 1 aromatic heterocycles. The maximum absolute atomic E-state index is 4.75. The molecule has 2 rings (SSSR count). The molecule has 2 unspecified atom stereocenters. The van der Waals surface area contributed by atoms with Crippen molar-refractivity contribution < 1.29 is 0 Å². The molecule has 0 aliphatic heterocycles. The molecule has 3 heteroatoms. The molecule has 2 nitrogen and oxygen atoms in total. The molecular formula is C14H24N2S. The van der Waals surface area contributed by atoms with Gasteiger partial charge in [-0.05, 0) is 38.6 Å². The van der Waals surface area contributed by atoms with Gasteiger partial charge in [-0.1, -0.05) is 26.7 Å². The molecule has 1 N–H and O–H groups in total. The molecule has 0 amide bonds. The number of hydrogen-bond acceptors (Lipinski definition) is 3. The lowest BCUT2D eigenvalue weighted by Gasteiger charge is -2.39. The highest BCUT2D eigenvalue weighted by Crippen LogP contribution is 2.41. The normalized spacial score (nSPS) is 29.5. The van der Waals surface area contributed by atoms with Crippen LogP contribution in [-0.2, 0) is 5.54 Å². The summed E-state index contributed by atoms with van der Waals surface area (Å²) in [6, 6.07) is 0. The Kier molecular flexibility index (Phi) is 4.21. The lowest BCUT2D eigenvalue weighted by atomic mass is 9.76. The Morgan fingerprint density at radius 3 is 3.00 bits per heavy atom. The molecule has 1 heterocycles. The van der Waals surface area contributed by atoms with E-state index in [1.165, 1.54) is 42.8 Å². The van der Waals surface area contributed by atoms with Crippen LogP contribution in [0.3, 0.4) is 0 Å². The number of aryl methyl sites for hydroxylation is 1. The first-order valence-corrected chi connectivity index (χ1v) is 7.72. The number of hydrogen-bond donors (Lipinski definition) is 1. The Hall–Kier alpha value is -0.410. The van der Waals surface area contributed by atoms with E-state index in [1.807, 2.05) is 11.3 Å². The van der Waals surface area contributed by atoms with E-state index in [1.54, 1.807) is 0 Å². The number of aromatic nitrogens is 1. The minimum Gasteiger partial charge on any atom is -0.305 e. The van der Waals surface area contributed by atoms with Gasteiger partial charge in [-0.25, -0.2) is 4.98 Å². The predicted molar refractivity (Wildman–Crippen MR) is 74.5 cm³/mol. The van der Waals surface area contributed by atoms with Gasteiger partial charge in [-0.2, -0.15) is 0 Å². The second-order valence-electron chi connectivity index (χ2n) is 5.50. The van der Waals surface area contributed by atoms with E-state index in [9.17, 15) is 0 Å². The third kappa shape index (κ3) is 2.89. The Morgan fingerprint density at radius 2 is 2.41 bits per heavy atom. The van der Waals surface area contributed by atoms with E-state index >= 15 is 0 Å². The van der Waals surface area contributed by atoms with Crippen LogP contribution in [0.4, 0.5) is 0 Å². The highest BCUT2D eigenvalue weighted by molar-refractivity contribution is 7.09. The van der Waals surface area contributed by atoms with Crippen molar-refractivity contribution in [2.75, 3.05) is 6.54 Å². The minimum absolute atomic E-state index is 0.173. The molecular weight excluding hydrogens is 228 g/mol. The van der Waals surface area contributed by atoms with Gasteiger partial charge in [0.2, 0.25) is 0 Å². The summed E-state index contributed by atoms with van der Waals surface area (Å²) < 4.78 is 0. The molecule has 1 fully saturated rings. The Bertz CT molecular complexity index is 361. The fourth-order valence-electron chi connectivity index (χ4n) is 2.92. The van der Waals surface area contributed by atoms with Gasteiger partial charge in [-0.3, -0.25) is 0 Å². The van der Waals surface area contributed by atoms with Gasteiger partial charge in [0.1, 0.15) is 5.01 Å². The zero-order valence-electron chi connectivity index (χ0n) is 11.3. The number of thiazole rings is 1.